The van der Waals surface area contributed by atoms with Crippen LogP contribution in [-0.2, 0) is 0 Å². The molecular formula is C19H15N3. The van der Waals surface area contributed by atoms with Crippen LogP contribution in [-0.4, -0.2) is 14.5 Å². The summed E-state index contributed by atoms with van der Waals surface area (Å²) in [4.78, 5) is 9.50. The Bertz CT molecular complexity index is 925. The highest BCUT2D eigenvalue weighted by Crippen LogP contribution is 2.27. The minimum atomic E-state index is 0.894. The van der Waals surface area contributed by atoms with Crippen molar-refractivity contribution in [2.45, 2.75) is 6.92 Å². The SMILES string of the molecule is Cc1ccc2nc(-c3ccccc3)n(-c3ccccc3)c2n1. The Morgan fingerprint density at radius 2 is 1.41 bits per heavy atom. The van der Waals surface area contributed by atoms with E-state index in [2.05, 4.69) is 28.8 Å². The summed E-state index contributed by atoms with van der Waals surface area (Å²) in [6.07, 6.45) is 0. The maximum absolute atomic E-state index is 4.80. The zero-order chi connectivity index (χ0) is 14.9. The fourth-order valence-electron chi connectivity index (χ4n) is 2.65. The zero-order valence-corrected chi connectivity index (χ0v) is 12.3. The lowest BCUT2D eigenvalue weighted by atomic mass is 10.2. The van der Waals surface area contributed by atoms with E-state index in [9.17, 15) is 0 Å². The average molecular weight is 285 g/mol. The summed E-state index contributed by atoms with van der Waals surface area (Å²) in [7, 11) is 0. The van der Waals surface area contributed by atoms with Crippen molar-refractivity contribution in [3.8, 4) is 17.1 Å². The summed E-state index contributed by atoms with van der Waals surface area (Å²) in [5.41, 5.74) is 4.95. The summed E-state index contributed by atoms with van der Waals surface area (Å²) >= 11 is 0. The molecule has 0 amide bonds. The minimum absolute atomic E-state index is 0.894. The van der Waals surface area contributed by atoms with Crippen molar-refractivity contribution < 1.29 is 0 Å². The van der Waals surface area contributed by atoms with Crippen LogP contribution in [0.1, 0.15) is 5.69 Å². The Kier molecular flexibility index (Phi) is 2.97. The van der Waals surface area contributed by atoms with Crippen molar-refractivity contribution in [2.24, 2.45) is 0 Å². The van der Waals surface area contributed by atoms with Gasteiger partial charge in [0.15, 0.2) is 5.65 Å². The molecular weight excluding hydrogens is 270 g/mol. The van der Waals surface area contributed by atoms with Crippen molar-refractivity contribution in [2.75, 3.05) is 0 Å². The van der Waals surface area contributed by atoms with Crippen LogP contribution in [0.25, 0.3) is 28.2 Å². The monoisotopic (exact) mass is 285 g/mol. The molecule has 2 heterocycles. The smallest absolute Gasteiger partial charge is 0.165 e. The second kappa shape index (κ2) is 5.11. The maximum Gasteiger partial charge on any atom is 0.165 e. The van der Waals surface area contributed by atoms with E-state index in [1.54, 1.807) is 0 Å². The average Bonchev–Trinajstić information content (AvgIpc) is 2.95. The number of hydrogen-bond acceptors (Lipinski definition) is 2. The topological polar surface area (TPSA) is 30.7 Å². The highest BCUT2D eigenvalue weighted by molar-refractivity contribution is 5.80. The van der Waals surface area contributed by atoms with Crippen LogP contribution in [0.4, 0.5) is 0 Å². The van der Waals surface area contributed by atoms with Gasteiger partial charge in [0.2, 0.25) is 0 Å². The predicted octanol–water partition coefficient (Wildman–Crippen LogP) is 4.40. The summed E-state index contributed by atoms with van der Waals surface area (Å²) in [6, 6.07) is 24.5. The fraction of sp³-hybridized carbons (Fsp3) is 0.0526. The van der Waals surface area contributed by atoms with E-state index in [1.165, 1.54) is 0 Å². The van der Waals surface area contributed by atoms with E-state index in [0.717, 1.165) is 33.9 Å². The first-order chi connectivity index (χ1) is 10.8. The number of rotatable bonds is 2. The van der Waals surface area contributed by atoms with Gasteiger partial charge in [-0.2, -0.15) is 0 Å². The molecule has 0 N–H and O–H groups in total. The van der Waals surface area contributed by atoms with Gasteiger partial charge in [-0.3, -0.25) is 4.57 Å². The van der Waals surface area contributed by atoms with Gasteiger partial charge in [-0.1, -0.05) is 48.5 Å². The number of nitrogens with zero attached hydrogens (tertiary/aromatic N) is 3. The van der Waals surface area contributed by atoms with Crippen molar-refractivity contribution in [1.82, 2.24) is 14.5 Å². The second-order valence-electron chi connectivity index (χ2n) is 5.27. The van der Waals surface area contributed by atoms with Crippen LogP contribution in [0.3, 0.4) is 0 Å². The maximum atomic E-state index is 4.80. The molecule has 0 radical (unpaired) electrons. The van der Waals surface area contributed by atoms with Crippen LogP contribution in [0.5, 0.6) is 0 Å². The lowest BCUT2D eigenvalue weighted by Crippen LogP contribution is -1.98. The minimum Gasteiger partial charge on any atom is -0.277 e. The molecule has 106 valence electrons. The molecule has 0 unspecified atom stereocenters. The molecule has 2 aromatic carbocycles. The molecule has 0 atom stereocenters. The van der Waals surface area contributed by atoms with Crippen LogP contribution in [0.2, 0.25) is 0 Å². The number of aromatic nitrogens is 3. The molecule has 2 aromatic heterocycles. The van der Waals surface area contributed by atoms with Gasteiger partial charge in [0.05, 0.1) is 0 Å². The van der Waals surface area contributed by atoms with E-state index in [-0.39, 0.29) is 0 Å². The molecule has 22 heavy (non-hydrogen) atoms. The van der Waals surface area contributed by atoms with Crippen molar-refractivity contribution in [3.05, 3.63) is 78.5 Å². The quantitative estimate of drug-likeness (QED) is 0.546. The lowest BCUT2D eigenvalue weighted by Gasteiger charge is -2.08. The second-order valence-corrected chi connectivity index (χ2v) is 5.27. The summed E-state index contributed by atoms with van der Waals surface area (Å²) in [5, 5.41) is 0. The number of aryl methyl sites for hydroxylation is 1. The molecule has 4 aromatic rings. The Morgan fingerprint density at radius 3 is 2.14 bits per heavy atom. The van der Waals surface area contributed by atoms with Gasteiger partial charge in [0, 0.05) is 16.9 Å². The van der Waals surface area contributed by atoms with Gasteiger partial charge in [-0.05, 0) is 31.2 Å². The van der Waals surface area contributed by atoms with Crippen LogP contribution >= 0.6 is 0 Å². The molecule has 0 spiro atoms. The highest BCUT2D eigenvalue weighted by Gasteiger charge is 2.14. The third kappa shape index (κ3) is 2.07. The van der Waals surface area contributed by atoms with Gasteiger partial charge in [-0.15, -0.1) is 0 Å². The Hall–Kier alpha value is -2.94. The first-order valence-electron chi connectivity index (χ1n) is 7.30. The number of benzene rings is 2. The Balaban J connectivity index is 2.08. The molecule has 0 bridgehead atoms. The zero-order valence-electron chi connectivity index (χ0n) is 12.3. The molecule has 0 aliphatic rings. The van der Waals surface area contributed by atoms with E-state index in [4.69, 9.17) is 9.97 Å². The molecule has 0 aliphatic heterocycles. The van der Waals surface area contributed by atoms with Crippen LogP contribution in [0.15, 0.2) is 72.8 Å². The summed E-state index contributed by atoms with van der Waals surface area (Å²) in [5.74, 6) is 0.917. The summed E-state index contributed by atoms with van der Waals surface area (Å²) in [6.45, 7) is 2.00. The highest BCUT2D eigenvalue weighted by atomic mass is 15.1. The molecule has 3 nitrogen and oxygen atoms in total. The van der Waals surface area contributed by atoms with E-state index < -0.39 is 0 Å². The van der Waals surface area contributed by atoms with Gasteiger partial charge in [0.1, 0.15) is 11.3 Å². The van der Waals surface area contributed by atoms with Gasteiger partial charge in [0.25, 0.3) is 0 Å². The summed E-state index contributed by atoms with van der Waals surface area (Å²) < 4.78 is 2.12. The molecule has 0 saturated heterocycles. The van der Waals surface area contributed by atoms with Gasteiger partial charge in [-0.25, -0.2) is 9.97 Å². The van der Waals surface area contributed by atoms with E-state index in [1.807, 2.05) is 55.5 Å². The number of para-hydroxylation sites is 1. The number of hydrogen-bond donors (Lipinski definition) is 0. The Morgan fingerprint density at radius 1 is 0.727 bits per heavy atom. The third-order valence-electron chi connectivity index (χ3n) is 3.69. The van der Waals surface area contributed by atoms with Crippen molar-refractivity contribution in [3.63, 3.8) is 0 Å². The van der Waals surface area contributed by atoms with Crippen molar-refractivity contribution in [1.29, 1.82) is 0 Å². The number of fused-ring (bicyclic) bond motifs is 1. The van der Waals surface area contributed by atoms with Crippen LogP contribution in [0, 0.1) is 6.92 Å². The van der Waals surface area contributed by atoms with Crippen LogP contribution < -0.4 is 0 Å². The van der Waals surface area contributed by atoms with Gasteiger partial charge < -0.3 is 0 Å². The molecule has 4 rings (SSSR count). The molecule has 3 heteroatoms. The molecule has 0 fully saturated rings. The normalized spacial score (nSPS) is 11.0. The Labute approximate surface area is 128 Å². The molecule has 0 saturated carbocycles. The third-order valence-corrected chi connectivity index (χ3v) is 3.69. The molecule has 0 aliphatic carbocycles. The number of pyridine rings is 1. The lowest BCUT2D eigenvalue weighted by molar-refractivity contribution is 1.07. The standard InChI is InChI=1S/C19H15N3/c1-14-12-13-17-19(20-14)22(16-10-6-3-7-11-16)18(21-17)15-8-4-2-5-9-15/h2-13H,1H3. The largest absolute Gasteiger partial charge is 0.277 e. The predicted molar refractivity (Wildman–Crippen MR) is 89.0 cm³/mol. The van der Waals surface area contributed by atoms with E-state index in [0.29, 0.717) is 0 Å². The fourth-order valence-corrected chi connectivity index (χ4v) is 2.65. The van der Waals surface area contributed by atoms with E-state index >= 15 is 0 Å². The number of imidazole rings is 1. The first kappa shape index (κ1) is 12.8. The first-order valence-corrected chi connectivity index (χ1v) is 7.30. The van der Waals surface area contributed by atoms with Gasteiger partial charge >= 0.3 is 0 Å². The van der Waals surface area contributed by atoms with Crippen molar-refractivity contribution >= 4 is 11.2 Å².